The average molecular weight is 236 g/mol. The first-order chi connectivity index (χ1) is 4.39. The summed E-state index contributed by atoms with van der Waals surface area (Å²) in [5.41, 5.74) is 1.01. The minimum absolute atomic E-state index is 1.01. The zero-order valence-electron chi connectivity index (χ0n) is 5.50. The molecule has 3 heteroatoms. The number of aryl methyl sites for hydroxylation is 1. The third kappa shape index (κ3) is 4.32. The smallest absolute Gasteiger partial charge is 0.115 e. The van der Waals surface area contributed by atoms with Crippen LogP contribution >= 0.6 is 22.6 Å². The molecule has 0 atom stereocenters. The van der Waals surface area contributed by atoms with Crippen molar-refractivity contribution in [3.63, 3.8) is 0 Å². The van der Waals surface area contributed by atoms with E-state index in [-0.39, 0.29) is 0 Å². The zero-order valence-corrected chi connectivity index (χ0v) is 7.66. The fourth-order valence-corrected chi connectivity index (χ4v) is 0.357. The number of rotatable bonds is 0. The zero-order chi connectivity index (χ0) is 7.11. The van der Waals surface area contributed by atoms with Crippen LogP contribution in [0, 0.1) is 6.92 Å². The third-order valence-electron chi connectivity index (χ3n) is 0.730. The summed E-state index contributed by atoms with van der Waals surface area (Å²) in [6, 6.07) is 1.86. The molecule has 0 aliphatic carbocycles. The van der Waals surface area contributed by atoms with E-state index < -0.39 is 0 Å². The van der Waals surface area contributed by atoms with Crippen LogP contribution in [0.4, 0.5) is 0 Å². The van der Waals surface area contributed by atoms with Crippen molar-refractivity contribution in [2.75, 3.05) is 4.93 Å². The van der Waals surface area contributed by atoms with Gasteiger partial charge in [0.05, 0.1) is 0 Å². The maximum atomic E-state index is 3.87. The molecule has 1 aromatic heterocycles. The van der Waals surface area contributed by atoms with Gasteiger partial charge in [-0.3, -0.25) is 0 Å². The molecule has 9 heavy (non-hydrogen) atoms. The highest BCUT2D eigenvalue weighted by Gasteiger charge is 1.74. The summed E-state index contributed by atoms with van der Waals surface area (Å²) >= 11 is 2.15. The molecule has 0 aromatic carbocycles. The average Bonchev–Trinajstić information content (AvgIpc) is 1.94. The predicted molar refractivity (Wildman–Crippen MR) is 46.7 cm³/mol. The summed E-state index contributed by atoms with van der Waals surface area (Å²) in [4.78, 5) is 9.57. The molecule has 2 nitrogen and oxygen atoms in total. The predicted octanol–water partition coefficient (Wildman–Crippen LogP) is 1.84. The second kappa shape index (κ2) is 5.94. The van der Waals surface area contributed by atoms with Gasteiger partial charge in [0.15, 0.2) is 0 Å². The van der Waals surface area contributed by atoms with Crippen LogP contribution in [0.25, 0.3) is 0 Å². The molecule has 0 unspecified atom stereocenters. The van der Waals surface area contributed by atoms with E-state index in [1.54, 1.807) is 6.20 Å². The van der Waals surface area contributed by atoms with Crippen LogP contribution in [-0.4, -0.2) is 14.9 Å². The number of hydrogen-bond donors (Lipinski definition) is 0. The Labute approximate surface area is 68.9 Å². The molecule has 1 heterocycles. The number of nitrogens with zero attached hydrogens (tertiary/aromatic N) is 2. The maximum Gasteiger partial charge on any atom is 0.115 e. The fraction of sp³-hybridized carbons (Fsp3) is 0.333. The second-order valence-corrected chi connectivity index (χ2v) is 1.35. The Hall–Kier alpha value is -0.190. The van der Waals surface area contributed by atoms with Gasteiger partial charge in [0.25, 0.3) is 0 Å². The molecule has 0 radical (unpaired) electrons. The molecule has 0 aliphatic rings. The van der Waals surface area contributed by atoms with Gasteiger partial charge in [-0.2, -0.15) is 0 Å². The van der Waals surface area contributed by atoms with E-state index >= 15 is 0 Å². The molecule has 0 saturated heterocycles. The van der Waals surface area contributed by atoms with Crippen molar-refractivity contribution in [1.82, 2.24) is 9.97 Å². The van der Waals surface area contributed by atoms with E-state index in [1.165, 1.54) is 6.33 Å². The molecule has 0 fully saturated rings. The topological polar surface area (TPSA) is 25.8 Å². The van der Waals surface area contributed by atoms with Gasteiger partial charge in [0.2, 0.25) is 0 Å². The largest absolute Gasteiger partial charge is 0.245 e. The maximum absolute atomic E-state index is 3.87. The van der Waals surface area contributed by atoms with Crippen LogP contribution in [0.15, 0.2) is 18.6 Å². The fourth-order valence-electron chi connectivity index (χ4n) is 0.357. The van der Waals surface area contributed by atoms with Crippen LogP contribution in [-0.2, 0) is 0 Å². The van der Waals surface area contributed by atoms with Crippen LogP contribution in [0.5, 0.6) is 0 Å². The van der Waals surface area contributed by atoms with Gasteiger partial charge in [0.1, 0.15) is 6.33 Å². The summed E-state index contributed by atoms with van der Waals surface area (Å²) in [5, 5.41) is 0. The summed E-state index contributed by atoms with van der Waals surface area (Å²) in [7, 11) is 0. The molecule has 1 rings (SSSR count). The number of hydrogen-bond acceptors (Lipinski definition) is 2. The molecule has 0 bridgehead atoms. The molecule has 0 aliphatic heterocycles. The van der Waals surface area contributed by atoms with Gasteiger partial charge in [-0.1, -0.05) is 22.6 Å². The van der Waals surface area contributed by atoms with E-state index in [0.29, 0.717) is 0 Å². The highest BCUT2D eigenvalue weighted by Crippen LogP contribution is 1.82. The van der Waals surface area contributed by atoms with E-state index in [2.05, 4.69) is 32.6 Å². The quantitative estimate of drug-likeness (QED) is 0.507. The van der Waals surface area contributed by atoms with E-state index in [9.17, 15) is 0 Å². The minimum Gasteiger partial charge on any atom is -0.245 e. The van der Waals surface area contributed by atoms with Gasteiger partial charge < -0.3 is 0 Å². The van der Waals surface area contributed by atoms with Gasteiger partial charge >= 0.3 is 0 Å². The van der Waals surface area contributed by atoms with Gasteiger partial charge in [-0.15, -0.1) is 0 Å². The summed E-state index contributed by atoms with van der Waals surface area (Å²) < 4.78 is 0. The Balaban J connectivity index is 0.000000291. The van der Waals surface area contributed by atoms with Crippen molar-refractivity contribution < 1.29 is 0 Å². The highest BCUT2D eigenvalue weighted by atomic mass is 127. The lowest BCUT2D eigenvalue weighted by Gasteiger charge is -1.81. The highest BCUT2D eigenvalue weighted by molar-refractivity contribution is 14.1. The van der Waals surface area contributed by atoms with Gasteiger partial charge in [0, 0.05) is 11.9 Å². The van der Waals surface area contributed by atoms with Crippen molar-refractivity contribution in [3.8, 4) is 0 Å². The molecule has 0 saturated carbocycles. The Morgan fingerprint density at radius 1 is 1.44 bits per heavy atom. The molecular weight excluding hydrogens is 227 g/mol. The number of halogens is 1. The van der Waals surface area contributed by atoms with Crippen molar-refractivity contribution in [3.05, 3.63) is 24.3 Å². The van der Waals surface area contributed by atoms with Gasteiger partial charge in [-0.05, 0) is 17.9 Å². The van der Waals surface area contributed by atoms with Crippen LogP contribution < -0.4 is 0 Å². The summed E-state index contributed by atoms with van der Waals surface area (Å²) in [6.45, 7) is 1.93. The molecule has 1 aromatic rings. The Morgan fingerprint density at radius 3 is 2.33 bits per heavy atom. The molecular formula is C6H9IN2. The first-order valence-corrected chi connectivity index (χ1v) is 4.66. The van der Waals surface area contributed by atoms with E-state index in [0.717, 1.165) is 5.69 Å². The summed E-state index contributed by atoms with van der Waals surface area (Å²) in [6.07, 6.45) is 3.26. The first-order valence-electron chi connectivity index (χ1n) is 2.50. The first kappa shape index (κ1) is 8.81. The lowest BCUT2D eigenvalue weighted by molar-refractivity contribution is 1.10. The molecule has 0 N–H and O–H groups in total. The lowest BCUT2D eigenvalue weighted by atomic mass is 10.5. The summed E-state index contributed by atoms with van der Waals surface area (Å²) in [5.74, 6) is 0. The van der Waals surface area contributed by atoms with E-state index in [1.807, 2.05) is 17.9 Å². The van der Waals surface area contributed by atoms with Crippen molar-refractivity contribution in [1.29, 1.82) is 0 Å². The van der Waals surface area contributed by atoms with Crippen molar-refractivity contribution in [2.45, 2.75) is 6.92 Å². The minimum atomic E-state index is 1.01. The SMILES string of the molecule is CI.Cc1ccncn1. The van der Waals surface area contributed by atoms with Crippen LogP contribution in [0.3, 0.4) is 0 Å². The number of aromatic nitrogens is 2. The van der Waals surface area contributed by atoms with Crippen LogP contribution in [0.1, 0.15) is 5.69 Å². The van der Waals surface area contributed by atoms with Crippen LogP contribution in [0.2, 0.25) is 0 Å². The molecule has 50 valence electrons. The van der Waals surface area contributed by atoms with Gasteiger partial charge in [-0.25, -0.2) is 9.97 Å². The molecule has 0 amide bonds. The Morgan fingerprint density at radius 2 is 2.11 bits per heavy atom. The monoisotopic (exact) mass is 236 g/mol. The van der Waals surface area contributed by atoms with Crippen molar-refractivity contribution in [2.24, 2.45) is 0 Å². The third-order valence-corrected chi connectivity index (χ3v) is 0.730. The Kier molecular flexibility index (Phi) is 5.81. The Bertz CT molecular complexity index is 141. The standard InChI is InChI=1S/C5H6N2.CH3I/c1-5-2-3-6-4-7-5;1-2/h2-4H,1H3;1H3. The molecule has 0 spiro atoms. The number of alkyl halides is 1. The normalized spacial score (nSPS) is 7.44. The van der Waals surface area contributed by atoms with E-state index in [4.69, 9.17) is 0 Å². The second-order valence-electron chi connectivity index (χ2n) is 1.35. The van der Waals surface area contributed by atoms with Crippen molar-refractivity contribution >= 4 is 22.6 Å². The lowest BCUT2D eigenvalue weighted by Crippen LogP contribution is -1.77.